The third-order valence-electron chi connectivity index (χ3n) is 3.95. The molecule has 3 amide bonds. The van der Waals surface area contributed by atoms with Crippen LogP contribution in [0, 0.1) is 0 Å². The van der Waals surface area contributed by atoms with Crippen molar-refractivity contribution in [3.8, 4) is 0 Å². The number of sulfone groups is 1. The summed E-state index contributed by atoms with van der Waals surface area (Å²) in [7, 11) is -3.06. The predicted octanol–water partition coefficient (Wildman–Crippen LogP) is 1.52. The first-order valence-corrected chi connectivity index (χ1v) is 9.92. The summed E-state index contributed by atoms with van der Waals surface area (Å²) in [4.78, 5) is 24.2. The van der Waals surface area contributed by atoms with E-state index in [-0.39, 0.29) is 30.0 Å². The standard InChI is InChI=1S/C17H19N3O5S/c21-16(18-10-15-5-2-7-25-15)12-3-1-4-13(9-12)19-17(22)20-14-6-8-26(23,24)11-14/h1-5,7,9,14H,6,8,10-11H2,(H,18,21)(H2,19,20,22)/t14-/m1/s1. The van der Waals surface area contributed by atoms with Gasteiger partial charge >= 0.3 is 6.03 Å². The highest BCUT2D eigenvalue weighted by atomic mass is 32.2. The van der Waals surface area contributed by atoms with E-state index in [0.717, 1.165) is 0 Å². The summed E-state index contributed by atoms with van der Waals surface area (Å²) in [6.07, 6.45) is 1.94. The van der Waals surface area contributed by atoms with Gasteiger partial charge in [0.15, 0.2) is 9.84 Å². The molecule has 1 aliphatic heterocycles. The second kappa shape index (κ2) is 7.61. The van der Waals surface area contributed by atoms with Crippen molar-refractivity contribution in [1.82, 2.24) is 10.6 Å². The number of nitrogens with one attached hydrogen (secondary N) is 3. The van der Waals surface area contributed by atoms with Crippen LogP contribution in [0.1, 0.15) is 22.5 Å². The van der Waals surface area contributed by atoms with E-state index in [1.807, 2.05) is 0 Å². The van der Waals surface area contributed by atoms with Gasteiger partial charge in [0.2, 0.25) is 0 Å². The molecule has 0 spiro atoms. The third kappa shape index (κ3) is 4.85. The van der Waals surface area contributed by atoms with Gasteiger partial charge in [-0.3, -0.25) is 4.79 Å². The van der Waals surface area contributed by atoms with Crippen LogP contribution in [0.5, 0.6) is 0 Å². The van der Waals surface area contributed by atoms with Crippen molar-refractivity contribution in [2.75, 3.05) is 16.8 Å². The molecule has 26 heavy (non-hydrogen) atoms. The number of amides is 3. The molecular weight excluding hydrogens is 358 g/mol. The van der Waals surface area contributed by atoms with Gasteiger partial charge in [0.1, 0.15) is 5.76 Å². The smallest absolute Gasteiger partial charge is 0.319 e. The fourth-order valence-electron chi connectivity index (χ4n) is 2.68. The van der Waals surface area contributed by atoms with Gasteiger partial charge in [-0.1, -0.05) is 6.07 Å². The van der Waals surface area contributed by atoms with Gasteiger partial charge in [0.05, 0.1) is 24.3 Å². The zero-order valence-corrected chi connectivity index (χ0v) is 14.7. The minimum absolute atomic E-state index is 0.0460. The zero-order chi connectivity index (χ0) is 18.6. The summed E-state index contributed by atoms with van der Waals surface area (Å²) >= 11 is 0. The zero-order valence-electron chi connectivity index (χ0n) is 13.9. The Hall–Kier alpha value is -2.81. The Morgan fingerprint density at radius 2 is 2.04 bits per heavy atom. The molecule has 8 nitrogen and oxygen atoms in total. The highest BCUT2D eigenvalue weighted by Crippen LogP contribution is 2.13. The second-order valence-electron chi connectivity index (χ2n) is 6.04. The van der Waals surface area contributed by atoms with Crippen molar-refractivity contribution >= 4 is 27.5 Å². The summed E-state index contributed by atoms with van der Waals surface area (Å²) in [5, 5.41) is 7.97. The molecule has 3 N–H and O–H groups in total. The van der Waals surface area contributed by atoms with Gasteiger partial charge in [0, 0.05) is 17.3 Å². The molecule has 1 aliphatic rings. The Balaban J connectivity index is 1.55. The van der Waals surface area contributed by atoms with Crippen molar-refractivity contribution in [2.24, 2.45) is 0 Å². The SMILES string of the molecule is O=C(Nc1cccc(C(=O)NCc2ccco2)c1)N[C@@H]1CCS(=O)(=O)C1. The molecule has 1 fully saturated rings. The molecule has 0 saturated carbocycles. The number of rotatable bonds is 5. The number of furan rings is 1. The summed E-state index contributed by atoms with van der Waals surface area (Å²) in [5.41, 5.74) is 0.826. The van der Waals surface area contributed by atoms with Crippen LogP contribution < -0.4 is 16.0 Å². The van der Waals surface area contributed by atoms with Crippen molar-refractivity contribution in [3.05, 3.63) is 54.0 Å². The number of hydrogen-bond acceptors (Lipinski definition) is 5. The van der Waals surface area contributed by atoms with Gasteiger partial charge in [-0.25, -0.2) is 13.2 Å². The average Bonchev–Trinajstić information content (AvgIpc) is 3.22. The second-order valence-corrected chi connectivity index (χ2v) is 8.27. The van der Waals surface area contributed by atoms with Crippen molar-refractivity contribution in [3.63, 3.8) is 0 Å². The van der Waals surface area contributed by atoms with Crippen LogP contribution in [0.15, 0.2) is 47.1 Å². The maximum absolute atomic E-state index is 12.2. The summed E-state index contributed by atoms with van der Waals surface area (Å²) < 4.78 is 28.0. The number of anilines is 1. The predicted molar refractivity (Wildman–Crippen MR) is 95.5 cm³/mol. The Morgan fingerprint density at radius 3 is 2.73 bits per heavy atom. The first-order chi connectivity index (χ1) is 12.4. The lowest BCUT2D eigenvalue weighted by molar-refractivity contribution is 0.0948. The Morgan fingerprint density at radius 1 is 1.19 bits per heavy atom. The number of carbonyl (C=O) groups excluding carboxylic acids is 2. The fourth-order valence-corrected chi connectivity index (χ4v) is 4.36. The van der Waals surface area contributed by atoms with E-state index < -0.39 is 15.9 Å². The molecule has 1 aromatic heterocycles. The van der Waals surface area contributed by atoms with Gasteiger partial charge in [0.25, 0.3) is 5.91 Å². The third-order valence-corrected chi connectivity index (χ3v) is 5.72. The van der Waals surface area contributed by atoms with Crippen LogP contribution in [0.25, 0.3) is 0 Å². The van der Waals surface area contributed by atoms with Crippen molar-refractivity contribution < 1.29 is 22.4 Å². The van der Waals surface area contributed by atoms with Crippen LogP contribution >= 0.6 is 0 Å². The molecule has 0 bridgehead atoms. The van der Waals surface area contributed by atoms with Gasteiger partial charge in [-0.05, 0) is 36.8 Å². The van der Waals surface area contributed by atoms with Crippen LogP contribution in [-0.4, -0.2) is 37.9 Å². The van der Waals surface area contributed by atoms with Crippen molar-refractivity contribution in [2.45, 2.75) is 19.0 Å². The largest absolute Gasteiger partial charge is 0.467 e. The van der Waals surface area contributed by atoms with Crippen LogP contribution in [0.2, 0.25) is 0 Å². The minimum Gasteiger partial charge on any atom is -0.467 e. The maximum atomic E-state index is 12.2. The molecule has 1 saturated heterocycles. The van der Waals surface area contributed by atoms with E-state index >= 15 is 0 Å². The Bertz CT molecular complexity index is 893. The topological polar surface area (TPSA) is 118 Å². The highest BCUT2D eigenvalue weighted by molar-refractivity contribution is 7.91. The molecule has 0 unspecified atom stereocenters. The molecule has 2 aromatic rings. The van der Waals surface area contributed by atoms with Crippen LogP contribution in [0.3, 0.4) is 0 Å². The quantitative estimate of drug-likeness (QED) is 0.730. The van der Waals surface area contributed by atoms with Crippen LogP contribution in [-0.2, 0) is 16.4 Å². The average molecular weight is 377 g/mol. The van der Waals surface area contributed by atoms with Crippen molar-refractivity contribution in [1.29, 1.82) is 0 Å². The molecule has 3 rings (SSSR count). The van der Waals surface area contributed by atoms with E-state index in [2.05, 4.69) is 16.0 Å². The lowest BCUT2D eigenvalue weighted by Crippen LogP contribution is -2.38. The normalized spacial score (nSPS) is 18.2. The van der Waals surface area contributed by atoms with E-state index in [0.29, 0.717) is 23.4 Å². The maximum Gasteiger partial charge on any atom is 0.319 e. The first-order valence-electron chi connectivity index (χ1n) is 8.10. The lowest BCUT2D eigenvalue weighted by Gasteiger charge is -2.12. The monoisotopic (exact) mass is 377 g/mol. The first kappa shape index (κ1) is 18.0. The van der Waals surface area contributed by atoms with Gasteiger partial charge in [-0.15, -0.1) is 0 Å². The van der Waals surface area contributed by atoms with E-state index in [9.17, 15) is 18.0 Å². The lowest BCUT2D eigenvalue weighted by atomic mass is 10.2. The molecule has 1 atom stereocenters. The Labute approximate surface area is 150 Å². The van der Waals surface area contributed by atoms with E-state index in [4.69, 9.17) is 4.42 Å². The highest BCUT2D eigenvalue weighted by Gasteiger charge is 2.28. The number of benzene rings is 1. The van der Waals surface area contributed by atoms with Gasteiger partial charge < -0.3 is 20.4 Å². The van der Waals surface area contributed by atoms with E-state index in [1.165, 1.54) is 6.26 Å². The van der Waals surface area contributed by atoms with E-state index in [1.54, 1.807) is 36.4 Å². The molecule has 2 heterocycles. The molecule has 0 aliphatic carbocycles. The molecule has 1 aromatic carbocycles. The number of urea groups is 1. The molecule has 0 radical (unpaired) electrons. The summed E-state index contributed by atoms with van der Waals surface area (Å²) in [5.74, 6) is 0.379. The minimum atomic E-state index is -3.06. The van der Waals surface area contributed by atoms with Gasteiger partial charge in [-0.2, -0.15) is 0 Å². The summed E-state index contributed by atoms with van der Waals surface area (Å²) in [6, 6.07) is 9.07. The number of carbonyl (C=O) groups is 2. The number of hydrogen-bond donors (Lipinski definition) is 3. The molecular formula is C17H19N3O5S. The molecule has 9 heteroatoms. The Kier molecular flexibility index (Phi) is 5.27. The fraction of sp³-hybridized carbons (Fsp3) is 0.294. The van der Waals surface area contributed by atoms with Crippen LogP contribution in [0.4, 0.5) is 10.5 Å². The molecule has 138 valence electrons. The summed E-state index contributed by atoms with van der Waals surface area (Å²) in [6.45, 7) is 0.264.